The number of hydrogen-bond donors (Lipinski definition) is 1. The van der Waals surface area contributed by atoms with Gasteiger partial charge >= 0.3 is 0 Å². The highest BCUT2D eigenvalue weighted by Gasteiger charge is 2.09. The quantitative estimate of drug-likeness (QED) is 0.588. The van der Waals surface area contributed by atoms with Crippen LogP contribution in [0.5, 0.6) is 0 Å². The summed E-state index contributed by atoms with van der Waals surface area (Å²) in [4.78, 5) is 0. The predicted molar refractivity (Wildman–Crippen MR) is 40.1 cm³/mol. The Labute approximate surface area is 60.6 Å². The van der Waals surface area contributed by atoms with Crippen molar-refractivity contribution in [2.75, 3.05) is 7.05 Å². The molecule has 1 nitrogen and oxygen atoms in total. The standard InChI is InChI=1S/C8H12FN/c1-6-3-4-8(10-2)7(9)5-6/h4-6,10H,3H2,1-2H3. The third-order valence-electron chi connectivity index (χ3n) is 1.65. The lowest BCUT2D eigenvalue weighted by Gasteiger charge is -2.12. The molecule has 56 valence electrons. The molecule has 1 N–H and O–H groups in total. The van der Waals surface area contributed by atoms with Gasteiger partial charge in [0.25, 0.3) is 0 Å². The normalized spacial score (nSPS) is 25.3. The van der Waals surface area contributed by atoms with E-state index in [1.807, 2.05) is 13.0 Å². The van der Waals surface area contributed by atoms with E-state index in [0.717, 1.165) is 6.42 Å². The van der Waals surface area contributed by atoms with E-state index in [0.29, 0.717) is 11.6 Å². The average Bonchev–Trinajstić information content (AvgIpc) is 1.88. The molecule has 0 spiro atoms. The molecule has 0 bridgehead atoms. The van der Waals surface area contributed by atoms with Crippen LogP contribution < -0.4 is 5.32 Å². The van der Waals surface area contributed by atoms with E-state index < -0.39 is 0 Å². The summed E-state index contributed by atoms with van der Waals surface area (Å²) in [6.07, 6.45) is 4.47. The molecule has 0 amide bonds. The minimum Gasteiger partial charge on any atom is -0.386 e. The Morgan fingerprint density at radius 1 is 1.70 bits per heavy atom. The Balaban J connectivity index is 2.71. The van der Waals surface area contributed by atoms with E-state index in [1.165, 1.54) is 0 Å². The Bertz CT molecular complexity index is 182. The summed E-state index contributed by atoms with van der Waals surface area (Å²) in [6, 6.07) is 0. The molecule has 0 aromatic carbocycles. The maximum atomic E-state index is 12.8. The van der Waals surface area contributed by atoms with Gasteiger partial charge in [-0.3, -0.25) is 0 Å². The summed E-state index contributed by atoms with van der Waals surface area (Å²) in [6.45, 7) is 2.00. The largest absolute Gasteiger partial charge is 0.386 e. The number of nitrogens with one attached hydrogen (secondary N) is 1. The van der Waals surface area contributed by atoms with Crippen LogP contribution >= 0.6 is 0 Å². The van der Waals surface area contributed by atoms with Crippen molar-refractivity contribution in [1.29, 1.82) is 0 Å². The van der Waals surface area contributed by atoms with Crippen molar-refractivity contribution in [3.05, 3.63) is 23.7 Å². The van der Waals surface area contributed by atoms with Crippen LogP contribution in [0.1, 0.15) is 13.3 Å². The lowest BCUT2D eigenvalue weighted by atomic mass is 10.0. The second-order valence-corrected chi connectivity index (χ2v) is 2.60. The highest BCUT2D eigenvalue weighted by molar-refractivity contribution is 5.27. The summed E-state index contributed by atoms with van der Waals surface area (Å²) in [7, 11) is 1.73. The van der Waals surface area contributed by atoms with Crippen LogP contribution in [0.25, 0.3) is 0 Å². The molecule has 0 aromatic rings. The Morgan fingerprint density at radius 3 is 2.90 bits per heavy atom. The Hall–Kier alpha value is -0.790. The molecule has 1 atom stereocenters. The van der Waals surface area contributed by atoms with Crippen molar-refractivity contribution in [3.8, 4) is 0 Å². The number of likely N-dealkylation sites (N-methyl/N-ethyl adjacent to an activating group) is 1. The van der Waals surface area contributed by atoms with E-state index in [-0.39, 0.29) is 5.83 Å². The zero-order valence-electron chi connectivity index (χ0n) is 6.32. The SMILES string of the molecule is CNC1=CCC(C)C=C1F. The summed E-state index contributed by atoms with van der Waals surface area (Å²) >= 11 is 0. The lowest BCUT2D eigenvalue weighted by Crippen LogP contribution is -2.10. The molecule has 0 radical (unpaired) electrons. The van der Waals surface area contributed by atoms with Gasteiger partial charge in [-0.2, -0.15) is 0 Å². The van der Waals surface area contributed by atoms with Crippen molar-refractivity contribution in [2.45, 2.75) is 13.3 Å². The van der Waals surface area contributed by atoms with Gasteiger partial charge in [-0.1, -0.05) is 13.0 Å². The minimum absolute atomic E-state index is 0.124. The third-order valence-corrected chi connectivity index (χ3v) is 1.65. The molecule has 0 saturated carbocycles. The van der Waals surface area contributed by atoms with Crippen LogP contribution in [0, 0.1) is 5.92 Å². The Morgan fingerprint density at radius 2 is 2.40 bits per heavy atom. The number of hydrogen-bond acceptors (Lipinski definition) is 1. The molecule has 0 heterocycles. The third kappa shape index (κ3) is 1.38. The minimum atomic E-state index is -0.124. The highest BCUT2D eigenvalue weighted by atomic mass is 19.1. The maximum absolute atomic E-state index is 12.8. The fraction of sp³-hybridized carbons (Fsp3) is 0.500. The van der Waals surface area contributed by atoms with Crippen LogP contribution in [0.2, 0.25) is 0 Å². The van der Waals surface area contributed by atoms with Crippen LogP contribution in [-0.4, -0.2) is 7.05 Å². The van der Waals surface area contributed by atoms with Gasteiger partial charge in [0.15, 0.2) is 0 Å². The van der Waals surface area contributed by atoms with E-state index in [9.17, 15) is 4.39 Å². The second-order valence-electron chi connectivity index (χ2n) is 2.60. The van der Waals surface area contributed by atoms with Crippen LogP contribution in [0.4, 0.5) is 4.39 Å². The maximum Gasteiger partial charge on any atom is 0.142 e. The van der Waals surface area contributed by atoms with Gasteiger partial charge < -0.3 is 5.32 Å². The van der Waals surface area contributed by atoms with Crippen molar-refractivity contribution in [1.82, 2.24) is 5.32 Å². The van der Waals surface area contributed by atoms with Gasteiger partial charge in [0.1, 0.15) is 5.83 Å². The van der Waals surface area contributed by atoms with E-state index in [4.69, 9.17) is 0 Å². The van der Waals surface area contributed by atoms with Crippen LogP contribution in [-0.2, 0) is 0 Å². The summed E-state index contributed by atoms with van der Waals surface area (Å²) < 4.78 is 12.8. The van der Waals surface area contributed by atoms with Crippen LogP contribution in [0.15, 0.2) is 23.7 Å². The molecule has 1 aliphatic rings. The zero-order chi connectivity index (χ0) is 7.56. The monoisotopic (exact) mass is 141 g/mol. The first-order chi connectivity index (χ1) is 4.74. The molecule has 0 aromatic heterocycles. The fourth-order valence-electron chi connectivity index (χ4n) is 1.03. The van der Waals surface area contributed by atoms with Gasteiger partial charge in [-0.05, 0) is 18.4 Å². The topological polar surface area (TPSA) is 12.0 Å². The number of halogens is 1. The molecule has 1 unspecified atom stereocenters. The first-order valence-corrected chi connectivity index (χ1v) is 3.49. The molecule has 0 aliphatic heterocycles. The molecule has 2 heteroatoms. The summed E-state index contributed by atoms with van der Waals surface area (Å²) in [5, 5.41) is 2.79. The van der Waals surface area contributed by atoms with Crippen molar-refractivity contribution in [3.63, 3.8) is 0 Å². The fourth-order valence-corrected chi connectivity index (χ4v) is 1.03. The highest BCUT2D eigenvalue weighted by Crippen LogP contribution is 2.20. The van der Waals surface area contributed by atoms with E-state index in [2.05, 4.69) is 5.32 Å². The molecule has 10 heavy (non-hydrogen) atoms. The second kappa shape index (κ2) is 2.86. The van der Waals surface area contributed by atoms with E-state index >= 15 is 0 Å². The van der Waals surface area contributed by atoms with Crippen molar-refractivity contribution < 1.29 is 4.39 Å². The van der Waals surface area contributed by atoms with Gasteiger partial charge in [0.2, 0.25) is 0 Å². The zero-order valence-corrected chi connectivity index (χ0v) is 6.32. The summed E-state index contributed by atoms with van der Waals surface area (Å²) in [5.74, 6) is 0.221. The molecular weight excluding hydrogens is 129 g/mol. The van der Waals surface area contributed by atoms with Gasteiger partial charge in [0.05, 0.1) is 5.70 Å². The molecule has 0 saturated heterocycles. The van der Waals surface area contributed by atoms with Crippen molar-refractivity contribution >= 4 is 0 Å². The first kappa shape index (κ1) is 7.32. The number of rotatable bonds is 1. The number of allylic oxidation sites excluding steroid dienone is 3. The van der Waals surface area contributed by atoms with Gasteiger partial charge in [0, 0.05) is 7.05 Å². The smallest absolute Gasteiger partial charge is 0.142 e. The van der Waals surface area contributed by atoms with Crippen molar-refractivity contribution in [2.24, 2.45) is 5.92 Å². The predicted octanol–water partition coefficient (Wildman–Crippen LogP) is 1.98. The van der Waals surface area contributed by atoms with E-state index in [1.54, 1.807) is 13.1 Å². The molecule has 1 aliphatic carbocycles. The van der Waals surface area contributed by atoms with Gasteiger partial charge in [-0.25, -0.2) is 4.39 Å². The molecule has 1 rings (SSSR count). The average molecular weight is 141 g/mol. The summed E-state index contributed by atoms with van der Waals surface area (Å²) in [5.41, 5.74) is 0.623. The molecular formula is C8H12FN. The van der Waals surface area contributed by atoms with Crippen LogP contribution in [0.3, 0.4) is 0 Å². The first-order valence-electron chi connectivity index (χ1n) is 3.49. The Kier molecular flexibility index (Phi) is 2.10. The molecule has 0 fully saturated rings. The lowest BCUT2D eigenvalue weighted by molar-refractivity contribution is 0.584. The van der Waals surface area contributed by atoms with Gasteiger partial charge in [-0.15, -0.1) is 0 Å².